The van der Waals surface area contributed by atoms with Crippen LogP contribution in [-0.2, 0) is 11.2 Å². The highest BCUT2D eigenvalue weighted by molar-refractivity contribution is 8.18. The van der Waals surface area contributed by atoms with Gasteiger partial charge in [-0.3, -0.25) is 14.9 Å². The third-order valence-electron chi connectivity index (χ3n) is 5.35. The number of carbonyl (C=O) groups is 2. The van der Waals surface area contributed by atoms with Crippen LogP contribution in [0.3, 0.4) is 0 Å². The fraction of sp³-hybridized carbons (Fsp3) is 0.364. The van der Waals surface area contributed by atoms with Crippen LogP contribution in [0.1, 0.15) is 36.9 Å². The van der Waals surface area contributed by atoms with Gasteiger partial charge in [-0.25, -0.2) is 9.97 Å². The molecule has 0 atom stereocenters. The lowest BCUT2D eigenvalue weighted by molar-refractivity contribution is -0.115. The van der Waals surface area contributed by atoms with Gasteiger partial charge in [0.05, 0.1) is 10.6 Å². The average Bonchev–Trinajstić information content (AvgIpc) is 3.07. The molecule has 0 unspecified atom stereocenters. The molecule has 3 N–H and O–H groups in total. The normalized spacial score (nSPS) is 22.9. The number of hydrogen-bond acceptors (Lipinski definition) is 7. The van der Waals surface area contributed by atoms with Crippen molar-refractivity contribution in [2.24, 2.45) is 0 Å². The number of benzene rings is 1. The van der Waals surface area contributed by atoms with Crippen LogP contribution in [0.25, 0.3) is 6.08 Å². The summed E-state index contributed by atoms with van der Waals surface area (Å²) < 4.78 is 0. The minimum atomic E-state index is -0.379. The van der Waals surface area contributed by atoms with E-state index in [1.165, 1.54) is 5.56 Å². The zero-order chi connectivity index (χ0) is 20.8. The maximum Gasteiger partial charge on any atom is 0.290 e. The largest absolute Gasteiger partial charge is 0.351 e. The Kier molecular flexibility index (Phi) is 6.76. The number of nitrogens with zero attached hydrogens (tertiary/aromatic N) is 2. The lowest BCUT2D eigenvalue weighted by Gasteiger charge is -2.29. The van der Waals surface area contributed by atoms with Gasteiger partial charge in [-0.05, 0) is 68.1 Å². The van der Waals surface area contributed by atoms with Crippen molar-refractivity contribution in [1.29, 1.82) is 0 Å². The molecule has 2 heterocycles. The summed E-state index contributed by atoms with van der Waals surface area (Å²) in [5, 5.41) is 8.99. The van der Waals surface area contributed by atoms with Gasteiger partial charge in [0.25, 0.3) is 11.1 Å². The van der Waals surface area contributed by atoms with Crippen LogP contribution in [0.2, 0.25) is 0 Å². The van der Waals surface area contributed by atoms with E-state index in [1.807, 2.05) is 6.07 Å². The van der Waals surface area contributed by atoms with Crippen molar-refractivity contribution >= 4 is 34.9 Å². The van der Waals surface area contributed by atoms with Gasteiger partial charge in [0.2, 0.25) is 5.95 Å². The van der Waals surface area contributed by atoms with E-state index in [2.05, 4.69) is 50.2 Å². The highest BCUT2D eigenvalue weighted by Gasteiger charge is 2.25. The SMILES string of the molecule is O=C1NC(=O)/C(=C/c2ccnc(NC3CCC(NCCc4ccccc4)CC3)n2)S1. The molecule has 1 aliphatic heterocycles. The summed E-state index contributed by atoms with van der Waals surface area (Å²) in [4.78, 5) is 32.1. The van der Waals surface area contributed by atoms with Crippen molar-refractivity contribution < 1.29 is 9.59 Å². The molecule has 0 bridgehead atoms. The second kappa shape index (κ2) is 9.86. The number of amides is 2. The first-order valence-electron chi connectivity index (χ1n) is 10.3. The average molecular weight is 424 g/mol. The molecule has 1 saturated carbocycles. The Morgan fingerprint density at radius 2 is 1.83 bits per heavy atom. The van der Waals surface area contributed by atoms with E-state index >= 15 is 0 Å². The molecule has 1 aromatic carbocycles. The fourth-order valence-corrected chi connectivity index (χ4v) is 4.43. The number of hydrogen-bond donors (Lipinski definition) is 3. The van der Waals surface area contributed by atoms with Crippen molar-refractivity contribution in [1.82, 2.24) is 20.6 Å². The van der Waals surface area contributed by atoms with Gasteiger partial charge in [0, 0.05) is 18.3 Å². The number of rotatable bonds is 7. The van der Waals surface area contributed by atoms with E-state index in [0.29, 0.717) is 28.6 Å². The zero-order valence-electron chi connectivity index (χ0n) is 16.6. The highest BCUT2D eigenvalue weighted by Crippen LogP contribution is 2.25. The molecular weight excluding hydrogens is 398 g/mol. The Hall–Kier alpha value is -2.71. The summed E-state index contributed by atoms with van der Waals surface area (Å²) >= 11 is 0.889. The van der Waals surface area contributed by atoms with Crippen LogP contribution in [0, 0.1) is 0 Å². The third-order valence-corrected chi connectivity index (χ3v) is 6.16. The summed E-state index contributed by atoms with van der Waals surface area (Å²) in [6.45, 7) is 1.00. The summed E-state index contributed by atoms with van der Waals surface area (Å²) in [6, 6.07) is 13.2. The van der Waals surface area contributed by atoms with Crippen LogP contribution in [-0.4, -0.2) is 39.7 Å². The molecule has 2 fully saturated rings. The predicted octanol–water partition coefficient (Wildman–Crippen LogP) is 3.36. The lowest BCUT2D eigenvalue weighted by Crippen LogP contribution is -2.38. The quantitative estimate of drug-likeness (QED) is 0.588. The Balaban J connectivity index is 1.24. The van der Waals surface area contributed by atoms with E-state index in [-0.39, 0.29) is 11.1 Å². The molecular formula is C22H25N5O2S. The summed E-state index contributed by atoms with van der Waals surface area (Å²) in [6.07, 6.45) is 8.69. The summed E-state index contributed by atoms with van der Waals surface area (Å²) in [5.74, 6) is 0.177. The molecule has 8 heteroatoms. The topological polar surface area (TPSA) is 96.0 Å². The maximum atomic E-state index is 11.7. The Morgan fingerprint density at radius 3 is 2.57 bits per heavy atom. The first kappa shape index (κ1) is 20.6. The Morgan fingerprint density at radius 1 is 1.07 bits per heavy atom. The van der Waals surface area contributed by atoms with Crippen molar-refractivity contribution in [2.45, 2.75) is 44.2 Å². The van der Waals surface area contributed by atoms with Gasteiger partial charge < -0.3 is 10.6 Å². The molecule has 0 spiro atoms. The van der Waals surface area contributed by atoms with Crippen LogP contribution < -0.4 is 16.0 Å². The number of carbonyl (C=O) groups excluding carboxylic acids is 2. The van der Waals surface area contributed by atoms with Crippen LogP contribution >= 0.6 is 11.8 Å². The number of imide groups is 1. The first-order valence-corrected chi connectivity index (χ1v) is 11.1. The lowest BCUT2D eigenvalue weighted by atomic mass is 9.91. The van der Waals surface area contributed by atoms with Crippen molar-refractivity contribution in [3.05, 3.63) is 58.8 Å². The maximum absolute atomic E-state index is 11.7. The number of thioether (sulfide) groups is 1. The Bertz CT molecular complexity index is 926. The van der Waals surface area contributed by atoms with Crippen LogP contribution in [0.5, 0.6) is 0 Å². The summed E-state index contributed by atoms with van der Waals surface area (Å²) in [5.41, 5.74) is 1.97. The molecule has 7 nitrogen and oxygen atoms in total. The van der Waals surface area contributed by atoms with E-state index < -0.39 is 0 Å². The van der Waals surface area contributed by atoms with Crippen LogP contribution in [0.4, 0.5) is 10.7 Å². The number of nitrogens with one attached hydrogen (secondary N) is 3. The van der Waals surface area contributed by atoms with Crippen molar-refractivity contribution in [2.75, 3.05) is 11.9 Å². The molecule has 4 rings (SSSR count). The molecule has 156 valence electrons. The Labute approximate surface area is 180 Å². The molecule has 2 amide bonds. The molecule has 1 aliphatic carbocycles. The monoisotopic (exact) mass is 423 g/mol. The predicted molar refractivity (Wildman–Crippen MR) is 119 cm³/mol. The number of aromatic nitrogens is 2. The molecule has 2 aliphatic rings. The zero-order valence-corrected chi connectivity index (χ0v) is 17.5. The summed E-state index contributed by atoms with van der Waals surface area (Å²) in [7, 11) is 0. The van der Waals surface area contributed by atoms with E-state index in [4.69, 9.17) is 0 Å². The third kappa shape index (κ3) is 5.67. The molecule has 2 aromatic rings. The van der Waals surface area contributed by atoms with Crippen molar-refractivity contribution in [3.8, 4) is 0 Å². The second-order valence-electron chi connectivity index (χ2n) is 7.54. The van der Waals surface area contributed by atoms with Gasteiger partial charge in [0.1, 0.15) is 0 Å². The molecule has 0 radical (unpaired) electrons. The minimum absolute atomic E-state index is 0.339. The van der Waals surface area contributed by atoms with E-state index in [1.54, 1.807) is 18.3 Å². The van der Waals surface area contributed by atoms with Gasteiger partial charge >= 0.3 is 0 Å². The first-order chi connectivity index (χ1) is 14.7. The van der Waals surface area contributed by atoms with Crippen molar-refractivity contribution in [3.63, 3.8) is 0 Å². The van der Waals surface area contributed by atoms with Gasteiger partial charge in [-0.15, -0.1) is 0 Å². The van der Waals surface area contributed by atoms with Gasteiger partial charge in [-0.2, -0.15) is 0 Å². The van der Waals surface area contributed by atoms with Crippen LogP contribution in [0.15, 0.2) is 47.5 Å². The second-order valence-corrected chi connectivity index (χ2v) is 8.55. The van der Waals surface area contributed by atoms with E-state index in [9.17, 15) is 9.59 Å². The van der Waals surface area contributed by atoms with E-state index in [0.717, 1.165) is 50.4 Å². The molecule has 1 aromatic heterocycles. The van der Waals surface area contributed by atoms with Gasteiger partial charge in [0.15, 0.2) is 0 Å². The fourth-order valence-electron chi connectivity index (χ4n) is 3.77. The standard InChI is InChI=1S/C22H25N5O2S/c28-20-19(30-22(29)27-20)14-18-11-13-24-21(26-18)25-17-8-6-16(7-9-17)23-12-10-15-4-2-1-3-5-15/h1-5,11,13-14,16-17,23H,6-10,12H2,(H,24,25,26)(H,27,28,29)/b19-14-. The van der Waals surface area contributed by atoms with Gasteiger partial charge in [-0.1, -0.05) is 30.3 Å². The highest BCUT2D eigenvalue weighted by atomic mass is 32.2. The molecule has 30 heavy (non-hydrogen) atoms. The number of anilines is 1. The molecule has 1 saturated heterocycles. The smallest absolute Gasteiger partial charge is 0.290 e. The minimum Gasteiger partial charge on any atom is -0.351 e.